The summed E-state index contributed by atoms with van der Waals surface area (Å²) in [6.45, 7) is 6.39. The largest absolute Gasteiger partial charge is 0.387 e. The molecule has 1 amide bonds. The number of fused-ring (bicyclic) bond motifs is 1. The van der Waals surface area contributed by atoms with Gasteiger partial charge >= 0.3 is 0 Å². The van der Waals surface area contributed by atoms with E-state index in [0.717, 1.165) is 21.3 Å². The molecule has 0 aliphatic rings. The molecular weight excluding hydrogens is 360 g/mol. The van der Waals surface area contributed by atoms with Gasteiger partial charge in [-0.25, -0.2) is 9.97 Å². The second kappa shape index (κ2) is 8.28. The molecule has 6 nitrogen and oxygen atoms in total. The molecule has 0 radical (unpaired) electrons. The van der Waals surface area contributed by atoms with E-state index in [4.69, 9.17) is 0 Å². The first kappa shape index (κ1) is 19.0. The Hall–Kier alpha value is -2.77. The van der Waals surface area contributed by atoms with E-state index in [0.29, 0.717) is 17.2 Å². The normalized spacial score (nSPS) is 12.0. The molecule has 2 N–H and O–H groups in total. The number of carbonyl (C=O) groups excluding carboxylic acids is 1. The summed E-state index contributed by atoms with van der Waals surface area (Å²) >= 11 is 1.34. The van der Waals surface area contributed by atoms with Crippen LogP contribution in [0.1, 0.15) is 26.9 Å². The molecule has 2 aromatic heterocycles. The van der Waals surface area contributed by atoms with Crippen LogP contribution in [0.3, 0.4) is 0 Å². The number of aromatic nitrogens is 2. The van der Waals surface area contributed by atoms with Crippen molar-refractivity contribution in [1.82, 2.24) is 14.9 Å². The zero-order valence-electron chi connectivity index (χ0n) is 15.3. The number of likely N-dealkylation sites (N-methyl/N-ethyl adjacent to an activating group) is 1. The summed E-state index contributed by atoms with van der Waals surface area (Å²) in [5.74, 6) is 0.555. The highest BCUT2D eigenvalue weighted by Crippen LogP contribution is 2.34. The Balaban J connectivity index is 1.84. The van der Waals surface area contributed by atoms with Crippen molar-refractivity contribution in [3.05, 3.63) is 65.3 Å². The molecule has 1 aromatic carbocycles. The maximum absolute atomic E-state index is 13.0. The van der Waals surface area contributed by atoms with Crippen LogP contribution in [0.15, 0.2) is 49.3 Å². The van der Waals surface area contributed by atoms with E-state index < -0.39 is 6.10 Å². The number of nitrogens with one attached hydrogen (secondary N) is 1. The smallest absolute Gasteiger partial charge is 0.264 e. The molecule has 0 saturated carbocycles. The van der Waals surface area contributed by atoms with Crippen molar-refractivity contribution in [1.29, 1.82) is 0 Å². The third kappa shape index (κ3) is 3.99. The lowest BCUT2D eigenvalue weighted by Crippen LogP contribution is -2.31. The highest BCUT2D eigenvalue weighted by Gasteiger charge is 2.23. The van der Waals surface area contributed by atoms with Gasteiger partial charge in [-0.1, -0.05) is 36.4 Å². The number of carbonyl (C=O) groups is 1. The Bertz CT molecular complexity index is 955. The number of benzene rings is 1. The van der Waals surface area contributed by atoms with Crippen LogP contribution in [-0.4, -0.2) is 46.0 Å². The average molecular weight is 382 g/mol. The quantitative estimate of drug-likeness (QED) is 0.612. The fourth-order valence-corrected chi connectivity index (χ4v) is 4.02. The Morgan fingerprint density at radius 3 is 2.81 bits per heavy atom. The fraction of sp³-hybridized carbons (Fsp3) is 0.250. The number of rotatable bonds is 7. The van der Waals surface area contributed by atoms with E-state index in [1.807, 2.05) is 37.3 Å². The lowest BCUT2D eigenvalue weighted by Gasteiger charge is -2.21. The van der Waals surface area contributed by atoms with Crippen molar-refractivity contribution < 1.29 is 9.90 Å². The average Bonchev–Trinajstić information content (AvgIpc) is 3.03. The standard InChI is InChI=1S/C20H22N4O2S/c1-4-10-21-18-16-13(2)17(27-19(16)23-12-22-18)20(26)24(3)11-15(25)14-8-6-5-7-9-14/h4-9,12,15,25H,1,10-11H2,2-3H3,(H,21,22,23)/t15-/m1/s1. The van der Waals surface area contributed by atoms with Crippen molar-refractivity contribution in [3.63, 3.8) is 0 Å². The molecule has 0 fully saturated rings. The molecule has 2 heterocycles. The molecule has 0 aliphatic heterocycles. The van der Waals surface area contributed by atoms with Crippen LogP contribution in [0.25, 0.3) is 10.2 Å². The molecule has 3 rings (SSSR count). The number of amides is 1. The highest BCUT2D eigenvalue weighted by molar-refractivity contribution is 7.20. The van der Waals surface area contributed by atoms with Gasteiger partial charge in [0.05, 0.1) is 22.9 Å². The van der Waals surface area contributed by atoms with Crippen LogP contribution in [0.2, 0.25) is 0 Å². The Labute approximate surface area is 162 Å². The lowest BCUT2D eigenvalue weighted by atomic mass is 10.1. The molecule has 0 spiro atoms. The lowest BCUT2D eigenvalue weighted by molar-refractivity contribution is 0.0685. The molecular formula is C20H22N4O2S. The van der Waals surface area contributed by atoms with Crippen LogP contribution in [-0.2, 0) is 0 Å². The SMILES string of the molecule is C=CCNc1ncnc2sc(C(=O)N(C)C[C@@H](O)c3ccccc3)c(C)c12. The second-order valence-corrected chi connectivity index (χ2v) is 7.24. The number of hydrogen-bond acceptors (Lipinski definition) is 6. The molecule has 0 saturated heterocycles. The Kier molecular flexibility index (Phi) is 5.83. The van der Waals surface area contributed by atoms with Crippen LogP contribution in [0.5, 0.6) is 0 Å². The van der Waals surface area contributed by atoms with Gasteiger partial charge in [0.15, 0.2) is 0 Å². The molecule has 7 heteroatoms. The molecule has 1 atom stereocenters. The van der Waals surface area contributed by atoms with Gasteiger partial charge in [-0.05, 0) is 18.1 Å². The van der Waals surface area contributed by atoms with Crippen molar-refractivity contribution >= 4 is 33.3 Å². The summed E-state index contributed by atoms with van der Waals surface area (Å²) in [7, 11) is 1.70. The van der Waals surface area contributed by atoms with Crippen molar-refractivity contribution in [3.8, 4) is 0 Å². The van der Waals surface area contributed by atoms with E-state index in [9.17, 15) is 9.90 Å². The Morgan fingerprint density at radius 1 is 1.37 bits per heavy atom. The molecule has 140 valence electrons. The van der Waals surface area contributed by atoms with Gasteiger partial charge in [0.1, 0.15) is 17.0 Å². The number of hydrogen-bond donors (Lipinski definition) is 2. The van der Waals surface area contributed by atoms with Gasteiger partial charge in [-0.15, -0.1) is 17.9 Å². The molecule has 0 unspecified atom stereocenters. The topological polar surface area (TPSA) is 78.4 Å². The van der Waals surface area contributed by atoms with Gasteiger partial charge in [0.2, 0.25) is 0 Å². The minimum absolute atomic E-state index is 0.139. The van der Waals surface area contributed by atoms with Crippen molar-refractivity contribution in [2.24, 2.45) is 0 Å². The zero-order valence-corrected chi connectivity index (χ0v) is 16.2. The minimum Gasteiger partial charge on any atom is -0.387 e. The maximum atomic E-state index is 13.0. The van der Waals surface area contributed by atoms with Crippen LogP contribution >= 0.6 is 11.3 Å². The molecule has 3 aromatic rings. The van der Waals surface area contributed by atoms with Gasteiger partial charge in [0.25, 0.3) is 5.91 Å². The van der Waals surface area contributed by atoms with Gasteiger partial charge in [0, 0.05) is 13.6 Å². The van der Waals surface area contributed by atoms with E-state index in [-0.39, 0.29) is 12.5 Å². The third-order valence-corrected chi connectivity index (χ3v) is 5.50. The predicted molar refractivity (Wildman–Crippen MR) is 109 cm³/mol. The van der Waals surface area contributed by atoms with Crippen LogP contribution in [0.4, 0.5) is 5.82 Å². The number of aliphatic hydroxyl groups is 1. The molecule has 0 aliphatic carbocycles. The monoisotopic (exact) mass is 382 g/mol. The third-order valence-electron chi connectivity index (χ3n) is 4.31. The summed E-state index contributed by atoms with van der Waals surface area (Å²) in [6.07, 6.45) is 2.50. The summed E-state index contributed by atoms with van der Waals surface area (Å²) < 4.78 is 0. The van der Waals surface area contributed by atoms with Crippen molar-refractivity contribution in [2.45, 2.75) is 13.0 Å². The fourth-order valence-electron chi connectivity index (χ4n) is 2.87. The summed E-state index contributed by atoms with van der Waals surface area (Å²) in [4.78, 5) is 24.5. The number of thiophene rings is 1. The number of nitrogens with zero attached hydrogens (tertiary/aromatic N) is 3. The van der Waals surface area contributed by atoms with E-state index in [1.54, 1.807) is 18.0 Å². The van der Waals surface area contributed by atoms with Gasteiger partial charge in [-0.3, -0.25) is 4.79 Å². The van der Waals surface area contributed by atoms with Gasteiger partial charge < -0.3 is 15.3 Å². The first-order valence-electron chi connectivity index (χ1n) is 8.60. The van der Waals surface area contributed by atoms with Gasteiger partial charge in [-0.2, -0.15) is 0 Å². The predicted octanol–water partition coefficient (Wildman–Crippen LogP) is 3.40. The minimum atomic E-state index is -0.737. The van der Waals surface area contributed by atoms with E-state index in [2.05, 4.69) is 21.9 Å². The summed E-state index contributed by atoms with van der Waals surface area (Å²) in [5, 5.41) is 14.4. The number of aryl methyl sites for hydroxylation is 1. The van der Waals surface area contributed by atoms with E-state index in [1.165, 1.54) is 17.7 Å². The Morgan fingerprint density at radius 2 is 2.11 bits per heavy atom. The van der Waals surface area contributed by atoms with Crippen molar-refractivity contribution in [2.75, 3.05) is 25.5 Å². The molecule has 0 bridgehead atoms. The second-order valence-electron chi connectivity index (χ2n) is 6.24. The zero-order chi connectivity index (χ0) is 19.4. The first-order chi connectivity index (χ1) is 13.0. The van der Waals surface area contributed by atoms with Crippen LogP contribution < -0.4 is 5.32 Å². The van der Waals surface area contributed by atoms with E-state index >= 15 is 0 Å². The number of aliphatic hydroxyl groups excluding tert-OH is 1. The maximum Gasteiger partial charge on any atom is 0.264 e. The molecule has 27 heavy (non-hydrogen) atoms. The summed E-state index contributed by atoms with van der Waals surface area (Å²) in [5.41, 5.74) is 1.63. The highest BCUT2D eigenvalue weighted by atomic mass is 32.1. The summed E-state index contributed by atoms with van der Waals surface area (Å²) in [6, 6.07) is 9.33. The van der Waals surface area contributed by atoms with Crippen LogP contribution in [0, 0.1) is 6.92 Å². The first-order valence-corrected chi connectivity index (χ1v) is 9.42. The number of anilines is 1.